The number of carbonyl (C=O) groups is 1. The number of amides is 1. The summed E-state index contributed by atoms with van der Waals surface area (Å²) in [6, 6.07) is 1.52. The molecule has 1 heterocycles. The van der Waals surface area contributed by atoms with E-state index in [0.717, 1.165) is 0 Å². The van der Waals surface area contributed by atoms with Gasteiger partial charge in [0.1, 0.15) is 16.8 Å². The molecule has 0 saturated heterocycles. The predicted molar refractivity (Wildman–Crippen MR) is 69.0 cm³/mol. The maximum absolute atomic E-state index is 11.8. The molecule has 1 aliphatic heterocycles. The first-order valence-corrected chi connectivity index (χ1v) is 5.88. The van der Waals surface area contributed by atoms with Crippen LogP contribution in [-0.4, -0.2) is 19.1 Å². The van der Waals surface area contributed by atoms with Crippen LogP contribution in [0.3, 0.4) is 0 Å². The molecular weight excluding hydrogens is 263 g/mol. The van der Waals surface area contributed by atoms with E-state index in [1.54, 1.807) is 14.0 Å². The molecule has 0 aromatic heterocycles. The third kappa shape index (κ3) is 2.03. The Morgan fingerprint density at radius 1 is 1.53 bits per heavy atom. The molecule has 1 aromatic carbocycles. The summed E-state index contributed by atoms with van der Waals surface area (Å²) in [6.45, 7) is 1.80. The molecule has 17 heavy (non-hydrogen) atoms. The molecule has 0 fully saturated rings. The highest BCUT2D eigenvalue weighted by atomic mass is 35.5. The lowest BCUT2D eigenvalue weighted by Gasteiger charge is -2.19. The van der Waals surface area contributed by atoms with Gasteiger partial charge in [0, 0.05) is 7.05 Å². The van der Waals surface area contributed by atoms with Gasteiger partial charge in [0.05, 0.1) is 17.1 Å². The quantitative estimate of drug-likeness (QED) is 0.740. The lowest BCUT2D eigenvalue weighted by molar-refractivity contribution is -0.119. The summed E-state index contributed by atoms with van der Waals surface area (Å²) in [4.78, 5) is 13.3. The van der Waals surface area contributed by atoms with E-state index in [4.69, 9.17) is 33.7 Å². The van der Waals surface area contributed by atoms with Crippen molar-refractivity contribution in [3.63, 3.8) is 0 Å². The van der Waals surface area contributed by atoms with E-state index >= 15 is 0 Å². The Morgan fingerprint density at radius 2 is 2.18 bits per heavy atom. The third-order valence-corrected chi connectivity index (χ3v) is 3.34. The van der Waals surface area contributed by atoms with E-state index in [1.807, 2.05) is 0 Å². The summed E-state index contributed by atoms with van der Waals surface area (Å²) < 4.78 is 5.63. The number of ether oxygens (including phenoxy) is 1. The van der Waals surface area contributed by atoms with Crippen molar-refractivity contribution in [2.45, 2.75) is 19.4 Å². The molecule has 0 aliphatic carbocycles. The topological polar surface area (TPSA) is 55.6 Å². The molecule has 1 unspecified atom stereocenters. The summed E-state index contributed by atoms with van der Waals surface area (Å²) in [6.07, 6.45) is 0.0131. The van der Waals surface area contributed by atoms with Gasteiger partial charge in [-0.05, 0) is 13.0 Å². The average molecular weight is 275 g/mol. The molecule has 0 radical (unpaired) electrons. The lowest BCUT2D eigenvalue weighted by Crippen LogP contribution is -2.27. The second-order valence-electron chi connectivity index (χ2n) is 4.02. The lowest BCUT2D eigenvalue weighted by atomic mass is 10.2. The van der Waals surface area contributed by atoms with Gasteiger partial charge in [-0.3, -0.25) is 4.79 Å². The smallest absolute Gasteiger partial charge is 0.230 e. The van der Waals surface area contributed by atoms with E-state index in [-0.39, 0.29) is 23.5 Å². The Labute approximate surface area is 109 Å². The third-order valence-electron chi connectivity index (χ3n) is 2.67. The van der Waals surface area contributed by atoms with Gasteiger partial charge in [-0.25, -0.2) is 0 Å². The second-order valence-corrected chi connectivity index (χ2v) is 4.81. The molecule has 0 spiro atoms. The zero-order valence-corrected chi connectivity index (χ0v) is 11.0. The van der Waals surface area contributed by atoms with E-state index in [9.17, 15) is 4.79 Å². The standard InChI is InChI=1S/C11H12Cl2N2O2/c1-5-3-8(16)15(2)10-6(12)4-7(14)9(13)11(10)17-5/h4-5H,3,14H2,1-2H3. The van der Waals surface area contributed by atoms with Gasteiger partial charge in [0.2, 0.25) is 5.91 Å². The molecule has 0 saturated carbocycles. The van der Waals surface area contributed by atoms with Crippen LogP contribution in [0.4, 0.5) is 11.4 Å². The van der Waals surface area contributed by atoms with E-state index in [0.29, 0.717) is 22.1 Å². The Morgan fingerprint density at radius 3 is 2.82 bits per heavy atom. The summed E-state index contributed by atoms with van der Waals surface area (Å²) >= 11 is 12.2. The minimum absolute atomic E-state index is 0.0704. The zero-order valence-electron chi connectivity index (χ0n) is 9.46. The fraction of sp³-hybridized carbons (Fsp3) is 0.364. The number of nitrogens with two attached hydrogens (primary N) is 1. The Hall–Kier alpha value is -1.13. The summed E-state index contributed by atoms with van der Waals surface area (Å²) in [7, 11) is 1.64. The first kappa shape index (κ1) is 12.3. The van der Waals surface area contributed by atoms with Gasteiger partial charge in [-0.1, -0.05) is 23.2 Å². The van der Waals surface area contributed by atoms with Crippen LogP contribution in [0.5, 0.6) is 5.75 Å². The number of fused-ring (bicyclic) bond motifs is 1. The molecular formula is C11H12Cl2N2O2. The summed E-state index contributed by atoms with van der Waals surface area (Å²) in [5.74, 6) is 0.302. The number of anilines is 2. The van der Waals surface area contributed by atoms with Gasteiger partial charge < -0.3 is 15.4 Å². The SMILES string of the molecule is CC1CC(=O)N(C)c2c(Cl)cc(N)c(Cl)c2O1. The zero-order chi connectivity index (χ0) is 12.7. The van der Waals surface area contributed by atoms with Crippen molar-refractivity contribution in [1.29, 1.82) is 0 Å². The fourth-order valence-electron chi connectivity index (χ4n) is 1.78. The highest BCUT2D eigenvalue weighted by Crippen LogP contribution is 2.46. The predicted octanol–water partition coefficient (Wildman–Crippen LogP) is 2.71. The van der Waals surface area contributed by atoms with Crippen LogP contribution >= 0.6 is 23.2 Å². The van der Waals surface area contributed by atoms with Gasteiger partial charge in [0.25, 0.3) is 0 Å². The highest BCUT2D eigenvalue weighted by Gasteiger charge is 2.29. The van der Waals surface area contributed by atoms with Crippen LogP contribution in [-0.2, 0) is 4.79 Å². The maximum Gasteiger partial charge on any atom is 0.230 e. The summed E-state index contributed by atoms with van der Waals surface area (Å²) in [5, 5.41) is 0.643. The molecule has 6 heteroatoms. The van der Waals surface area contributed by atoms with Gasteiger partial charge in [-0.15, -0.1) is 0 Å². The number of carbonyl (C=O) groups excluding carboxylic acids is 1. The van der Waals surface area contributed by atoms with Gasteiger partial charge in [0.15, 0.2) is 5.75 Å². The van der Waals surface area contributed by atoms with Gasteiger partial charge in [-0.2, -0.15) is 0 Å². The van der Waals surface area contributed by atoms with E-state index in [2.05, 4.69) is 0 Å². The molecule has 2 N–H and O–H groups in total. The van der Waals surface area contributed by atoms with Crippen molar-refractivity contribution in [1.82, 2.24) is 0 Å². The molecule has 2 rings (SSSR count). The molecule has 1 aliphatic rings. The molecule has 1 atom stereocenters. The minimum Gasteiger partial charge on any atom is -0.486 e. The van der Waals surface area contributed by atoms with E-state index in [1.165, 1.54) is 11.0 Å². The van der Waals surface area contributed by atoms with Crippen LogP contribution in [0.1, 0.15) is 13.3 Å². The number of rotatable bonds is 0. The number of benzene rings is 1. The van der Waals surface area contributed by atoms with Crippen LogP contribution < -0.4 is 15.4 Å². The van der Waals surface area contributed by atoms with Gasteiger partial charge >= 0.3 is 0 Å². The Kier molecular flexibility index (Phi) is 3.10. The Balaban J connectivity index is 2.69. The summed E-state index contributed by atoms with van der Waals surface area (Å²) in [5.41, 5.74) is 6.53. The van der Waals surface area contributed by atoms with Crippen molar-refractivity contribution < 1.29 is 9.53 Å². The first-order valence-electron chi connectivity index (χ1n) is 5.12. The number of halogens is 2. The average Bonchev–Trinajstić information content (AvgIpc) is 2.34. The Bertz CT molecular complexity index is 491. The number of nitrogen functional groups attached to an aromatic ring is 1. The largest absolute Gasteiger partial charge is 0.486 e. The first-order chi connectivity index (χ1) is 7.91. The number of hydrogen-bond acceptors (Lipinski definition) is 3. The van der Waals surface area contributed by atoms with E-state index < -0.39 is 0 Å². The van der Waals surface area contributed by atoms with Crippen LogP contribution in [0, 0.1) is 0 Å². The van der Waals surface area contributed by atoms with Crippen LogP contribution in [0.2, 0.25) is 10.0 Å². The van der Waals surface area contributed by atoms with Crippen LogP contribution in [0.25, 0.3) is 0 Å². The van der Waals surface area contributed by atoms with Crippen LogP contribution in [0.15, 0.2) is 6.07 Å². The van der Waals surface area contributed by atoms with Crippen molar-refractivity contribution in [3.05, 3.63) is 16.1 Å². The molecule has 1 amide bonds. The second kappa shape index (κ2) is 4.27. The van der Waals surface area contributed by atoms with Crippen molar-refractivity contribution in [2.75, 3.05) is 17.7 Å². The monoisotopic (exact) mass is 274 g/mol. The molecule has 92 valence electrons. The van der Waals surface area contributed by atoms with Crippen molar-refractivity contribution in [2.24, 2.45) is 0 Å². The van der Waals surface area contributed by atoms with Crippen molar-refractivity contribution >= 4 is 40.5 Å². The highest BCUT2D eigenvalue weighted by molar-refractivity contribution is 6.39. The molecule has 0 bridgehead atoms. The number of nitrogens with zero attached hydrogens (tertiary/aromatic N) is 1. The van der Waals surface area contributed by atoms with Crippen molar-refractivity contribution in [3.8, 4) is 5.75 Å². The minimum atomic E-state index is -0.262. The normalized spacial score (nSPS) is 19.6. The fourth-order valence-corrected chi connectivity index (χ4v) is 2.30. The number of hydrogen-bond donors (Lipinski definition) is 1. The molecule has 4 nitrogen and oxygen atoms in total. The molecule has 1 aromatic rings. The maximum atomic E-state index is 11.8.